The molecule has 0 unspecified atom stereocenters. The predicted octanol–water partition coefficient (Wildman–Crippen LogP) is 3.00. The Morgan fingerprint density at radius 3 is 2.79 bits per heavy atom. The molecule has 10 nitrogen and oxygen atoms in total. The molecule has 0 atom stereocenters. The second-order valence-electron chi connectivity index (χ2n) is 7.38. The number of thioether (sulfide) groups is 1. The van der Waals surface area contributed by atoms with Crippen LogP contribution < -0.4 is 5.32 Å². The normalized spacial score (nSPS) is 11.2. The number of carbonyl (C=O) groups excluding carboxylic acids is 1. The summed E-state index contributed by atoms with van der Waals surface area (Å²) in [6.07, 6.45) is 0.604. The third kappa shape index (κ3) is 4.66. The fourth-order valence-electron chi connectivity index (χ4n) is 3.28. The van der Waals surface area contributed by atoms with E-state index < -0.39 is 0 Å². The summed E-state index contributed by atoms with van der Waals surface area (Å²) >= 11 is 1.25. The Morgan fingerprint density at radius 2 is 1.97 bits per heavy atom. The number of nitrogens with one attached hydrogen (secondary N) is 2. The number of rotatable bonds is 8. The molecule has 34 heavy (non-hydrogen) atoms. The highest BCUT2D eigenvalue weighted by Crippen LogP contribution is 2.24. The van der Waals surface area contributed by atoms with Crippen LogP contribution in [0.1, 0.15) is 5.82 Å². The number of H-pyrrole nitrogens is 1. The van der Waals surface area contributed by atoms with Crippen LogP contribution >= 0.6 is 11.8 Å². The van der Waals surface area contributed by atoms with Crippen LogP contribution in [0.4, 0.5) is 4.39 Å². The van der Waals surface area contributed by atoms with Gasteiger partial charge in [-0.25, -0.2) is 9.37 Å². The summed E-state index contributed by atoms with van der Waals surface area (Å²) in [5.41, 5.74) is 2.50. The third-order valence-corrected chi connectivity index (χ3v) is 6.03. The first-order chi connectivity index (χ1) is 16.6. The Labute approximate surface area is 197 Å². The van der Waals surface area contributed by atoms with E-state index in [0.717, 1.165) is 16.9 Å². The molecule has 2 N–H and O–H groups in total. The molecule has 0 spiro atoms. The standard InChI is InChI=1S/C22H19FN8O2S/c1-31-20(21-27-19(30-33-21)13-6-8-14(23)9-7-13)28-29-22(31)34-12-18(32)24-11-10-17-25-15-4-2-3-5-16(15)26-17/h2-9H,10-12H2,1H3,(H,24,32)(H,25,26). The summed E-state index contributed by atoms with van der Waals surface area (Å²) in [7, 11) is 1.75. The molecule has 0 radical (unpaired) electrons. The van der Waals surface area contributed by atoms with Gasteiger partial charge in [-0.3, -0.25) is 4.79 Å². The molecule has 0 aliphatic heterocycles. The van der Waals surface area contributed by atoms with Crippen molar-refractivity contribution < 1.29 is 13.7 Å². The van der Waals surface area contributed by atoms with Crippen molar-refractivity contribution in [1.82, 2.24) is 40.2 Å². The van der Waals surface area contributed by atoms with Gasteiger partial charge in [0.15, 0.2) is 5.16 Å². The fraction of sp³-hybridized carbons (Fsp3) is 0.182. The van der Waals surface area contributed by atoms with Gasteiger partial charge in [-0.1, -0.05) is 29.1 Å². The van der Waals surface area contributed by atoms with Crippen molar-refractivity contribution in [1.29, 1.82) is 0 Å². The van der Waals surface area contributed by atoms with E-state index in [1.165, 1.54) is 23.9 Å². The molecule has 1 amide bonds. The molecule has 3 aromatic heterocycles. The van der Waals surface area contributed by atoms with Gasteiger partial charge < -0.3 is 19.4 Å². The Kier molecular flexibility index (Phi) is 6.04. The molecule has 0 saturated carbocycles. The summed E-state index contributed by atoms with van der Waals surface area (Å²) in [6.45, 7) is 0.470. The maximum atomic E-state index is 13.1. The topological polar surface area (TPSA) is 127 Å². The van der Waals surface area contributed by atoms with E-state index in [-0.39, 0.29) is 23.4 Å². The van der Waals surface area contributed by atoms with Crippen LogP contribution in [-0.2, 0) is 18.3 Å². The van der Waals surface area contributed by atoms with E-state index in [2.05, 4.69) is 35.6 Å². The predicted molar refractivity (Wildman–Crippen MR) is 123 cm³/mol. The molecule has 5 aromatic rings. The first-order valence-electron chi connectivity index (χ1n) is 10.4. The highest BCUT2D eigenvalue weighted by atomic mass is 32.2. The molecule has 0 bridgehead atoms. The number of hydrogen-bond acceptors (Lipinski definition) is 8. The van der Waals surface area contributed by atoms with Gasteiger partial charge in [0.25, 0.3) is 5.89 Å². The second-order valence-corrected chi connectivity index (χ2v) is 8.33. The molecule has 0 aliphatic rings. The van der Waals surface area contributed by atoms with Crippen LogP contribution in [0, 0.1) is 5.82 Å². The largest absolute Gasteiger partial charge is 0.355 e. The average Bonchev–Trinajstić information content (AvgIpc) is 3.56. The molecular formula is C22H19FN8O2S. The smallest absolute Gasteiger partial charge is 0.296 e. The van der Waals surface area contributed by atoms with E-state index in [4.69, 9.17) is 4.52 Å². The molecular weight excluding hydrogens is 459 g/mol. The van der Waals surface area contributed by atoms with Gasteiger partial charge >= 0.3 is 0 Å². The maximum Gasteiger partial charge on any atom is 0.296 e. The zero-order valence-corrected chi connectivity index (χ0v) is 18.8. The van der Waals surface area contributed by atoms with Gasteiger partial charge in [0.1, 0.15) is 11.6 Å². The number of hydrogen-bond donors (Lipinski definition) is 2. The maximum absolute atomic E-state index is 13.1. The number of halogens is 1. The van der Waals surface area contributed by atoms with E-state index in [0.29, 0.717) is 35.3 Å². The van der Waals surface area contributed by atoms with Gasteiger partial charge in [-0.15, -0.1) is 10.2 Å². The van der Waals surface area contributed by atoms with Crippen molar-refractivity contribution in [2.45, 2.75) is 11.6 Å². The number of nitrogens with zero attached hydrogens (tertiary/aromatic N) is 6. The minimum Gasteiger partial charge on any atom is -0.355 e. The lowest BCUT2D eigenvalue weighted by molar-refractivity contribution is -0.118. The lowest BCUT2D eigenvalue weighted by Gasteiger charge is -2.04. The Bertz CT molecular complexity index is 1410. The minimum absolute atomic E-state index is 0.123. The lowest BCUT2D eigenvalue weighted by atomic mass is 10.2. The van der Waals surface area contributed by atoms with Crippen LogP contribution in [0.5, 0.6) is 0 Å². The molecule has 0 fully saturated rings. The quantitative estimate of drug-likeness (QED) is 0.326. The SMILES string of the molecule is Cn1c(SCC(=O)NCCc2nc3ccccc3[nH]2)nnc1-c1nc(-c2ccc(F)cc2)no1. The monoisotopic (exact) mass is 478 g/mol. The molecule has 172 valence electrons. The number of imidazole rings is 1. The highest BCUT2D eigenvalue weighted by molar-refractivity contribution is 7.99. The van der Waals surface area contributed by atoms with Crippen molar-refractivity contribution >= 4 is 28.7 Å². The summed E-state index contributed by atoms with van der Waals surface area (Å²) < 4.78 is 20.1. The molecule has 2 aromatic carbocycles. The summed E-state index contributed by atoms with van der Waals surface area (Å²) in [4.78, 5) is 24.3. The number of aromatic amines is 1. The van der Waals surface area contributed by atoms with Gasteiger partial charge in [-0.2, -0.15) is 4.98 Å². The number of benzene rings is 2. The van der Waals surface area contributed by atoms with Crippen molar-refractivity contribution in [2.24, 2.45) is 7.05 Å². The van der Waals surface area contributed by atoms with Gasteiger partial charge in [0.05, 0.1) is 16.8 Å². The van der Waals surface area contributed by atoms with Crippen LogP contribution in [-0.4, -0.2) is 53.1 Å². The van der Waals surface area contributed by atoms with Crippen LogP contribution in [0.15, 0.2) is 58.2 Å². The fourth-order valence-corrected chi connectivity index (χ4v) is 4.02. The van der Waals surface area contributed by atoms with E-state index in [1.807, 2.05) is 24.3 Å². The number of amides is 1. The van der Waals surface area contributed by atoms with Crippen molar-refractivity contribution in [3.05, 3.63) is 60.2 Å². The van der Waals surface area contributed by atoms with Crippen molar-refractivity contribution in [3.8, 4) is 23.1 Å². The van der Waals surface area contributed by atoms with Crippen LogP contribution in [0.3, 0.4) is 0 Å². The number of carbonyl (C=O) groups is 1. The van der Waals surface area contributed by atoms with E-state index >= 15 is 0 Å². The van der Waals surface area contributed by atoms with E-state index in [9.17, 15) is 9.18 Å². The van der Waals surface area contributed by atoms with Gasteiger partial charge in [-0.05, 0) is 36.4 Å². The van der Waals surface area contributed by atoms with Crippen molar-refractivity contribution in [2.75, 3.05) is 12.3 Å². The minimum atomic E-state index is -0.346. The number of aromatic nitrogens is 7. The first-order valence-corrected chi connectivity index (χ1v) is 11.4. The zero-order chi connectivity index (χ0) is 23.5. The number of para-hydroxylation sites is 2. The summed E-state index contributed by atoms with van der Waals surface area (Å²) in [6, 6.07) is 13.6. The third-order valence-electron chi connectivity index (χ3n) is 5.01. The van der Waals surface area contributed by atoms with Crippen molar-refractivity contribution in [3.63, 3.8) is 0 Å². The highest BCUT2D eigenvalue weighted by Gasteiger charge is 2.19. The Morgan fingerprint density at radius 1 is 1.15 bits per heavy atom. The zero-order valence-electron chi connectivity index (χ0n) is 18.0. The van der Waals surface area contributed by atoms with Crippen LogP contribution in [0.25, 0.3) is 34.1 Å². The summed E-state index contributed by atoms with van der Waals surface area (Å²) in [5, 5.41) is 15.5. The molecule has 0 saturated heterocycles. The van der Waals surface area contributed by atoms with E-state index in [1.54, 1.807) is 23.7 Å². The lowest BCUT2D eigenvalue weighted by Crippen LogP contribution is -2.27. The second kappa shape index (κ2) is 9.43. The van der Waals surface area contributed by atoms with Gasteiger partial charge in [0.2, 0.25) is 17.6 Å². The molecule has 3 heterocycles. The molecule has 12 heteroatoms. The molecule has 0 aliphatic carbocycles. The number of fused-ring (bicyclic) bond motifs is 1. The average molecular weight is 479 g/mol. The Balaban J connectivity index is 1.15. The van der Waals surface area contributed by atoms with Crippen LogP contribution in [0.2, 0.25) is 0 Å². The first kappa shape index (κ1) is 21.8. The van der Waals surface area contributed by atoms with Gasteiger partial charge in [0, 0.05) is 25.6 Å². The molecule has 5 rings (SSSR count). The Hall–Kier alpha value is -4.06. The summed E-state index contributed by atoms with van der Waals surface area (Å²) in [5.74, 6) is 1.40.